The smallest absolute Gasteiger partial charge is 0.313 e. The van der Waals surface area contributed by atoms with Crippen LogP contribution in [0, 0.1) is 0 Å². The van der Waals surface area contributed by atoms with Crippen LogP contribution in [0.15, 0.2) is 40.8 Å². The molecule has 0 fully saturated rings. The fraction of sp³-hybridized carbons (Fsp3) is 0. The van der Waals surface area contributed by atoms with Crippen LogP contribution in [0.1, 0.15) is 0 Å². The Bertz CT molecular complexity index is 628. The topological polar surface area (TPSA) is 93.6 Å². The van der Waals surface area contributed by atoms with Crippen LogP contribution < -0.4 is 5.73 Å². The molecule has 6 nitrogen and oxygen atoms in total. The first-order chi connectivity index (χ1) is 8.33. The van der Waals surface area contributed by atoms with Crippen LogP contribution in [-0.4, -0.2) is 20.4 Å². The van der Waals surface area contributed by atoms with Gasteiger partial charge in [-0.3, -0.25) is 5.10 Å². The third kappa shape index (κ3) is 1.76. The molecule has 0 radical (unpaired) electrons. The summed E-state index contributed by atoms with van der Waals surface area (Å²) >= 11 is 0. The molecule has 0 aliphatic rings. The Morgan fingerprint density at radius 2 is 1.94 bits per heavy atom. The van der Waals surface area contributed by atoms with E-state index in [-0.39, 0.29) is 6.01 Å². The van der Waals surface area contributed by atoms with Crippen LogP contribution in [0.3, 0.4) is 0 Å². The summed E-state index contributed by atoms with van der Waals surface area (Å²) in [7, 11) is 0. The molecule has 84 valence electrons. The van der Waals surface area contributed by atoms with E-state index in [0.29, 0.717) is 11.6 Å². The predicted octanol–water partition coefficient (Wildman–Crippen LogP) is 1.71. The fourth-order valence-electron chi connectivity index (χ4n) is 1.53. The highest BCUT2D eigenvalue weighted by Gasteiger charge is 2.10. The van der Waals surface area contributed by atoms with Crippen LogP contribution in [0.5, 0.6) is 0 Å². The molecule has 0 saturated heterocycles. The van der Waals surface area contributed by atoms with E-state index in [9.17, 15) is 0 Å². The minimum Gasteiger partial charge on any atom is -0.402 e. The van der Waals surface area contributed by atoms with E-state index in [4.69, 9.17) is 10.2 Å². The summed E-state index contributed by atoms with van der Waals surface area (Å²) in [4.78, 5) is 0. The van der Waals surface area contributed by atoms with Gasteiger partial charge in [0.25, 0.3) is 5.89 Å². The monoisotopic (exact) mass is 227 g/mol. The molecule has 2 aromatic heterocycles. The van der Waals surface area contributed by atoms with Crippen LogP contribution >= 0.6 is 0 Å². The van der Waals surface area contributed by atoms with Gasteiger partial charge in [-0.25, -0.2) is 0 Å². The third-order valence-electron chi connectivity index (χ3n) is 2.32. The second kappa shape index (κ2) is 3.75. The largest absolute Gasteiger partial charge is 0.402 e. The number of aromatic amines is 1. The van der Waals surface area contributed by atoms with Crippen molar-refractivity contribution in [1.29, 1.82) is 0 Å². The number of aromatic nitrogens is 4. The van der Waals surface area contributed by atoms with Crippen LogP contribution in [0.2, 0.25) is 0 Å². The number of rotatable bonds is 2. The second-order valence-electron chi connectivity index (χ2n) is 3.48. The van der Waals surface area contributed by atoms with Crippen molar-refractivity contribution in [3.05, 3.63) is 36.4 Å². The van der Waals surface area contributed by atoms with Gasteiger partial charge in [0.15, 0.2) is 0 Å². The number of hydrogen-bond donors (Lipinski definition) is 2. The lowest BCUT2D eigenvalue weighted by molar-refractivity contribution is 0.587. The molecule has 6 heteroatoms. The summed E-state index contributed by atoms with van der Waals surface area (Å²) < 4.78 is 5.10. The predicted molar refractivity (Wildman–Crippen MR) is 61.7 cm³/mol. The lowest BCUT2D eigenvalue weighted by atomic mass is 10.1. The molecule has 1 aromatic carbocycles. The first-order valence-corrected chi connectivity index (χ1v) is 5.03. The molecule has 0 aliphatic carbocycles. The van der Waals surface area contributed by atoms with Crippen molar-refractivity contribution in [3.63, 3.8) is 0 Å². The zero-order valence-electron chi connectivity index (χ0n) is 8.79. The molecular weight excluding hydrogens is 218 g/mol. The van der Waals surface area contributed by atoms with Gasteiger partial charge in [0.2, 0.25) is 0 Å². The van der Waals surface area contributed by atoms with Crippen LogP contribution in [0.4, 0.5) is 6.01 Å². The Labute approximate surface area is 96.5 Å². The maximum atomic E-state index is 5.36. The zero-order valence-corrected chi connectivity index (χ0v) is 8.79. The SMILES string of the molecule is Nc1nnc(-c2cc(-c3ccccc3)n[nH]2)o1. The third-order valence-corrected chi connectivity index (χ3v) is 2.32. The minimum atomic E-state index is 0.0378. The van der Waals surface area contributed by atoms with E-state index in [2.05, 4.69) is 20.4 Å². The van der Waals surface area contributed by atoms with E-state index < -0.39 is 0 Å². The van der Waals surface area contributed by atoms with Gasteiger partial charge in [-0.15, -0.1) is 5.10 Å². The number of hydrogen-bond acceptors (Lipinski definition) is 5. The highest BCUT2D eigenvalue weighted by molar-refractivity contribution is 5.64. The Morgan fingerprint density at radius 1 is 1.12 bits per heavy atom. The van der Waals surface area contributed by atoms with Crippen molar-refractivity contribution in [2.75, 3.05) is 5.73 Å². The molecule has 3 N–H and O–H groups in total. The van der Waals surface area contributed by atoms with Gasteiger partial charge in [0.05, 0.1) is 5.69 Å². The van der Waals surface area contributed by atoms with Gasteiger partial charge in [-0.1, -0.05) is 35.4 Å². The molecule has 0 aliphatic heterocycles. The maximum absolute atomic E-state index is 5.36. The lowest BCUT2D eigenvalue weighted by Gasteiger charge is -1.92. The van der Waals surface area contributed by atoms with E-state index in [0.717, 1.165) is 11.3 Å². The molecule has 3 rings (SSSR count). The summed E-state index contributed by atoms with van der Waals surface area (Å²) in [5.41, 5.74) is 7.84. The van der Waals surface area contributed by atoms with Gasteiger partial charge in [-0.05, 0) is 6.07 Å². The summed E-state index contributed by atoms with van der Waals surface area (Å²) in [6.07, 6.45) is 0. The van der Waals surface area contributed by atoms with Crippen molar-refractivity contribution in [1.82, 2.24) is 20.4 Å². The Balaban J connectivity index is 1.99. The highest BCUT2D eigenvalue weighted by Crippen LogP contribution is 2.22. The minimum absolute atomic E-state index is 0.0378. The van der Waals surface area contributed by atoms with E-state index in [1.54, 1.807) is 0 Å². The molecule has 0 amide bonds. The van der Waals surface area contributed by atoms with Crippen LogP contribution in [-0.2, 0) is 0 Å². The molecule has 17 heavy (non-hydrogen) atoms. The Hall–Kier alpha value is -2.63. The van der Waals surface area contributed by atoms with Gasteiger partial charge >= 0.3 is 6.01 Å². The van der Waals surface area contributed by atoms with Gasteiger partial charge in [0, 0.05) is 5.56 Å². The van der Waals surface area contributed by atoms with Gasteiger partial charge in [0.1, 0.15) is 5.69 Å². The summed E-state index contributed by atoms with van der Waals surface area (Å²) in [5.74, 6) is 0.331. The number of anilines is 1. The maximum Gasteiger partial charge on any atom is 0.313 e. The quantitative estimate of drug-likeness (QED) is 0.695. The normalized spacial score (nSPS) is 10.6. The molecule has 2 heterocycles. The lowest BCUT2D eigenvalue weighted by Crippen LogP contribution is -1.81. The number of nitrogens with two attached hydrogens (primary N) is 1. The summed E-state index contributed by atoms with van der Waals surface area (Å²) in [6.45, 7) is 0. The number of benzene rings is 1. The molecule has 0 saturated carbocycles. The molecule has 0 bridgehead atoms. The number of nitrogen functional groups attached to an aromatic ring is 1. The molecule has 0 spiro atoms. The first-order valence-electron chi connectivity index (χ1n) is 5.03. The van der Waals surface area contributed by atoms with E-state index in [1.807, 2.05) is 36.4 Å². The summed E-state index contributed by atoms with van der Waals surface area (Å²) in [5, 5.41) is 14.4. The summed E-state index contributed by atoms with van der Waals surface area (Å²) in [6, 6.07) is 11.7. The highest BCUT2D eigenvalue weighted by atomic mass is 16.4. The van der Waals surface area contributed by atoms with E-state index in [1.165, 1.54) is 0 Å². The Kier molecular flexibility index (Phi) is 2.11. The van der Waals surface area contributed by atoms with Gasteiger partial charge in [-0.2, -0.15) is 5.10 Å². The van der Waals surface area contributed by atoms with Crippen molar-refractivity contribution < 1.29 is 4.42 Å². The second-order valence-corrected chi connectivity index (χ2v) is 3.48. The molecule has 3 aromatic rings. The Morgan fingerprint density at radius 3 is 2.65 bits per heavy atom. The average Bonchev–Trinajstić information content (AvgIpc) is 2.98. The van der Waals surface area contributed by atoms with Crippen molar-refractivity contribution in [2.24, 2.45) is 0 Å². The van der Waals surface area contributed by atoms with E-state index >= 15 is 0 Å². The van der Waals surface area contributed by atoms with Crippen molar-refractivity contribution in [3.8, 4) is 22.8 Å². The van der Waals surface area contributed by atoms with Crippen molar-refractivity contribution in [2.45, 2.75) is 0 Å². The average molecular weight is 227 g/mol. The van der Waals surface area contributed by atoms with Crippen LogP contribution in [0.25, 0.3) is 22.8 Å². The standard InChI is InChI=1S/C11H9N5O/c12-11-16-15-10(17-11)9-6-8(13-14-9)7-4-2-1-3-5-7/h1-6H,(H2,12,16)(H,13,14). The van der Waals surface area contributed by atoms with Crippen molar-refractivity contribution >= 4 is 6.01 Å². The number of nitrogens with zero attached hydrogens (tertiary/aromatic N) is 3. The molecular formula is C11H9N5O. The zero-order chi connectivity index (χ0) is 11.7. The molecule has 0 unspecified atom stereocenters. The van der Waals surface area contributed by atoms with Gasteiger partial charge < -0.3 is 10.2 Å². The number of H-pyrrole nitrogens is 1. The molecule has 0 atom stereocenters. The first kappa shape index (κ1) is 9.59. The number of nitrogens with one attached hydrogen (secondary N) is 1. The fourth-order valence-corrected chi connectivity index (χ4v) is 1.53.